The molecule has 0 amide bonds. The maximum Gasteiger partial charge on any atom is 0.212 e. The number of pyridine rings is 6. The highest BCUT2D eigenvalue weighted by Gasteiger charge is 2.21. The van der Waals surface area contributed by atoms with E-state index in [0.29, 0.717) is 57.2 Å². The maximum atomic E-state index is 8.34. The van der Waals surface area contributed by atoms with Crippen LogP contribution in [0.4, 0.5) is 0 Å². The number of rotatable bonds is 10. The van der Waals surface area contributed by atoms with Gasteiger partial charge in [0.05, 0.1) is 15.1 Å². The van der Waals surface area contributed by atoms with E-state index in [1.165, 1.54) is 117 Å². The first-order valence-corrected chi connectivity index (χ1v) is 35.2. The third-order valence-electron chi connectivity index (χ3n) is 18.4. The molecule has 0 aliphatic carbocycles. The maximum absolute atomic E-state index is 8.34. The number of aryl methyl sites for hydroxylation is 10. The van der Waals surface area contributed by atoms with Gasteiger partial charge in [0.25, 0.3) is 0 Å². The minimum Gasteiger partial charge on any atom is -0.201 e. The first-order chi connectivity index (χ1) is 53.4. The summed E-state index contributed by atoms with van der Waals surface area (Å²) in [6, 6.07) is 45.9. The Morgan fingerprint density at radius 2 is 0.703 bits per heavy atom. The number of benzene rings is 6. The molecular formula is C95H118N6+6. The fraction of sp³-hybridized carbons (Fsp3) is 0.305. The number of nitrogens with zero attached hydrogens (tertiary/aromatic N) is 6. The SMILES string of the molecule is Cc1ccccc1-c1cc(C(C)C)c(C)c[n+]1C.Cc1ccccc1-c1cc(C(C)C)cc[n+]1C.Cc1ccccc1-c1cc(C)c(C(C)C)c[n+]1C.Cc1ccccc1-c1ccc(C(C)C)c[n+]1C.[2H]c1c([2H])c([2H])c(-c2c([2H])c(C)c(C)c([2H])[n+]2C)c(C)c1[2H].[2H]c1c([2H])c([2H])c(-c2c([2H])c(C)c([2H])c([2H])[n+]2C)c(C)c1[2H]. The highest BCUT2D eigenvalue weighted by Crippen LogP contribution is 2.30. The molecule has 0 spiro atoms. The number of hydrogen-bond acceptors (Lipinski definition) is 0. The third-order valence-corrected chi connectivity index (χ3v) is 18.4. The van der Waals surface area contributed by atoms with Gasteiger partial charge in [-0.15, -0.1) is 0 Å². The Kier molecular flexibility index (Phi) is 22.1. The van der Waals surface area contributed by atoms with Crippen molar-refractivity contribution in [3.05, 3.63) is 321 Å². The topological polar surface area (TPSA) is 23.3 Å². The summed E-state index contributed by atoms with van der Waals surface area (Å²) in [5.74, 6) is 2.28. The Morgan fingerprint density at radius 1 is 0.277 bits per heavy atom. The zero-order chi connectivity index (χ0) is 85.3. The van der Waals surface area contributed by atoms with Gasteiger partial charge in [-0.2, -0.15) is 0 Å². The summed E-state index contributed by atoms with van der Waals surface area (Å²) in [6.07, 6.45) is 9.01. The second-order valence-corrected chi connectivity index (χ2v) is 27.9. The van der Waals surface area contributed by atoms with E-state index < -0.39 is 0 Å². The van der Waals surface area contributed by atoms with Gasteiger partial charge >= 0.3 is 0 Å². The van der Waals surface area contributed by atoms with Crippen LogP contribution in [0.25, 0.3) is 67.5 Å². The summed E-state index contributed by atoms with van der Waals surface area (Å²) >= 11 is 0. The van der Waals surface area contributed by atoms with E-state index in [2.05, 4.69) is 302 Å². The van der Waals surface area contributed by atoms with Gasteiger partial charge in [-0.3, -0.25) is 0 Å². The van der Waals surface area contributed by atoms with Crippen molar-refractivity contribution >= 4 is 0 Å². The molecule has 12 rings (SSSR count). The quantitative estimate of drug-likeness (QED) is 0.122. The average Bonchev–Trinajstić information content (AvgIpc) is 0.751. The minimum atomic E-state index is -0.371. The average molecular weight is 1360 g/mol. The lowest BCUT2D eigenvalue weighted by Crippen LogP contribution is -2.32. The Hall–Kier alpha value is -9.78. The van der Waals surface area contributed by atoms with E-state index in [0.717, 1.165) is 0 Å². The summed E-state index contributed by atoms with van der Waals surface area (Å²) in [4.78, 5) is 0. The first-order valence-electron chi connectivity index (χ1n) is 41.7. The molecule has 6 heteroatoms. The van der Waals surface area contributed by atoms with Crippen molar-refractivity contribution < 1.29 is 45.2 Å². The van der Waals surface area contributed by atoms with Gasteiger partial charge in [-0.05, 0) is 203 Å². The summed E-state index contributed by atoms with van der Waals surface area (Å²) in [5, 5.41) is 0. The molecule has 0 aliphatic rings. The van der Waals surface area contributed by atoms with Crippen molar-refractivity contribution in [3.63, 3.8) is 0 Å². The molecule has 6 aromatic heterocycles. The molecule has 0 saturated heterocycles. The minimum absolute atomic E-state index is 0.00312. The van der Waals surface area contributed by atoms with Gasteiger partial charge < -0.3 is 0 Å². The molecule has 6 aromatic carbocycles. The lowest BCUT2D eigenvalue weighted by atomic mass is 9.96. The molecular weight excluding hydrogens is 1230 g/mol. The molecule has 0 fully saturated rings. The van der Waals surface area contributed by atoms with E-state index >= 15 is 0 Å². The Balaban J connectivity index is 0.000000190. The van der Waals surface area contributed by atoms with Crippen molar-refractivity contribution in [2.24, 2.45) is 42.3 Å². The fourth-order valence-electron chi connectivity index (χ4n) is 12.2. The van der Waals surface area contributed by atoms with Crippen LogP contribution in [-0.2, 0) is 42.3 Å². The molecule has 0 saturated carbocycles. The van der Waals surface area contributed by atoms with Gasteiger partial charge in [0.2, 0.25) is 34.2 Å². The standard InChI is InChI=1S/2C17H22N.2C16H20N.C15H18N.C14H16N/c1-12(2)16-10-17(18(5)11-14(16)4)15-9-7-6-8-13(15)3;1-12(2)16-11-18(5)17(10-14(16)4)15-9-7-6-8-13(15)3;1-12(2)14-9-10-17(4)16(11-14)15-8-6-5-7-13(15)3;1-12(2)14-9-10-16(17(4)11-14)15-8-6-5-7-13(15)3;1-11-7-5-6-8-14(11)15-9-12(2)13(3)10-16(15)4;1-11-8-9-15(3)14(10-11)13-7-5-4-6-12(13)2/h2*6-12H,1-5H3;2*5-12H,1-4H3;5-10H,1-4H3;4-10H,1-3H3/q6*+1/i;;;;5D,6D,7D,8D,9D,10D;4D,5D,6D,7D,8D,9D,10D. The summed E-state index contributed by atoms with van der Waals surface area (Å²) in [5.41, 5.74) is 27.5. The second-order valence-electron chi connectivity index (χ2n) is 27.9. The van der Waals surface area contributed by atoms with Crippen LogP contribution in [0.5, 0.6) is 0 Å². The molecule has 101 heavy (non-hydrogen) atoms. The van der Waals surface area contributed by atoms with Crippen LogP contribution in [0.1, 0.15) is 180 Å². The molecule has 6 nitrogen and oxygen atoms in total. The van der Waals surface area contributed by atoms with E-state index in [-0.39, 0.29) is 95.6 Å². The van der Waals surface area contributed by atoms with Gasteiger partial charge in [0.1, 0.15) is 45.0 Å². The predicted octanol–water partition coefficient (Wildman–Crippen LogP) is 21.0. The monoisotopic (exact) mass is 1360 g/mol. The van der Waals surface area contributed by atoms with E-state index in [1.54, 1.807) is 41.7 Å². The highest BCUT2D eigenvalue weighted by molar-refractivity contribution is 5.66. The van der Waals surface area contributed by atoms with Crippen LogP contribution < -0.4 is 27.4 Å². The summed E-state index contributed by atoms with van der Waals surface area (Å²) in [6.45, 7) is 39.2. The zero-order valence-corrected chi connectivity index (χ0v) is 65.0. The number of hydrogen-bond donors (Lipinski definition) is 0. The molecule has 0 bridgehead atoms. The molecule has 0 N–H and O–H groups in total. The van der Waals surface area contributed by atoms with Crippen molar-refractivity contribution in [1.82, 2.24) is 0 Å². The molecule has 522 valence electrons. The second kappa shape index (κ2) is 36.5. The largest absolute Gasteiger partial charge is 0.212 e. The molecule has 0 aliphatic heterocycles. The predicted molar refractivity (Wildman–Crippen MR) is 427 cm³/mol. The van der Waals surface area contributed by atoms with Crippen LogP contribution >= 0.6 is 0 Å². The molecule has 6 heterocycles. The Bertz CT molecular complexity index is 5160. The van der Waals surface area contributed by atoms with E-state index in [1.807, 2.05) is 0 Å². The van der Waals surface area contributed by atoms with Gasteiger partial charge in [-0.1, -0.05) is 164 Å². The Labute approximate surface area is 628 Å². The van der Waals surface area contributed by atoms with E-state index in [4.69, 9.17) is 17.8 Å². The molecule has 0 radical (unpaired) electrons. The first kappa shape index (κ1) is 61.1. The van der Waals surface area contributed by atoms with Crippen LogP contribution in [-0.4, -0.2) is 0 Å². The van der Waals surface area contributed by atoms with E-state index in [9.17, 15) is 0 Å². The molecule has 0 unspecified atom stereocenters. The highest BCUT2D eigenvalue weighted by atomic mass is 14.9. The van der Waals surface area contributed by atoms with Crippen LogP contribution in [0.3, 0.4) is 0 Å². The van der Waals surface area contributed by atoms with Gasteiger partial charge in [0, 0.05) is 104 Å². The summed E-state index contributed by atoms with van der Waals surface area (Å²) < 4.78 is 115. The smallest absolute Gasteiger partial charge is 0.201 e. The fourth-order valence-corrected chi connectivity index (χ4v) is 12.2. The van der Waals surface area contributed by atoms with Gasteiger partial charge in [-0.25, -0.2) is 27.4 Å². The molecule has 0 atom stereocenters. The van der Waals surface area contributed by atoms with Crippen molar-refractivity contribution in [1.29, 1.82) is 0 Å². The zero-order valence-electron chi connectivity index (χ0n) is 78.0. The lowest BCUT2D eigenvalue weighted by Gasteiger charge is -2.11. The van der Waals surface area contributed by atoms with Crippen LogP contribution in [0.2, 0.25) is 0 Å². The normalized spacial score (nSPS) is 12.6. The van der Waals surface area contributed by atoms with Crippen molar-refractivity contribution in [2.75, 3.05) is 0 Å². The lowest BCUT2D eigenvalue weighted by molar-refractivity contribution is -0.661. The van der Waals surface area contributed by atoms with Gasteiger partial charge in [0.15, 0.2) is 37.1 Å². The van der Waals surface area contributed by atoms with Crippen LogP contribution in [0.15, 0.2) is 237 Å². The van der Waals surface area contributed by atoms with Crippen molar-refractivity contribution in [3.8, 4) is 67.5 Å². The Morgan fingerprint density at radius 3 is 1.17 bits per heavy atom. The van der Waals surface area contributed by atoms with Crippen LogP contribution in [0, 0.1) is 76.2 Å². The summed E-state index contributed by atoms with van der Waals surface area (Å²) in [7, 11) is 11.6. The number of aromatic nitrogens is 6. The third kappa shape index (κ3) is 20.9. The van der Waals surface area contributed by atoms with Crippen molar-refractivity contribution in [2.45, 2.75) is 155 Å². The molecule has 12 aromatic rings.